The van der Waals surface area contributed by atoms with Crippen LogP contribution in [-0.4, -0.2) is 51.1 Å². The van der Waals surface area contributed by atoms with Gasteiger partial charge in [0.05, 0.1) is 0 Å². The van der Waals surface area contributed by atoms with Gasteiger partial charge in [0.25, 0.3) is 0 Å². The molecule has 3 heterocycles. The molecule has 0 spiro atoms. The highest BCUT2D eigenvalue weighted by Gasteiger charge is 2.32. The Morgan fingerprint density at radius 3 is 2.64 bits per heavy atom. The Labute approximate surface area is 131 Å². The van der Waals surface area contributed by atoms with E-state index < -0.39 is 0 Å². The Hall–Kier alpha value is -1.30. The van der Waals surface area contributed by atoms with Crippen LogP contribution in [0.4, 0.5) is 0 Å². The second-order valence-corrected chi connectivity index (χ2v) is 6.29. The Kier molecular flexibility index (Phi) is 4.19. The normalized spacial score (nSPS) is 24.4. The summed E-state index contributed by atoms with van der Waals surface area (Å²) >= 11 is 0. The van der Waals surface area contributed by atoms with Crippen molar-refractivity contribution in [1.29, 1.82) is 0 Å². The molecule has 1 atom stereocenters. The van der Waals surface area contributed by atoms with Gasteiger partial charge in [-0.1, -0.05) is 6.07 Å². The molecular formula is C17H24N2O3. The lowest BCUT2D eigenvalue weighted by Crippen LogP contribution is -2.47. The van der Waals surface area contributed by atoms with Crippen LogP contribution in [0.25, 0.3) is 0 Å². The molecule has 5 nitrogen and oxygen atoms in total. The maximum atomic E-state index is 5.59. The first-order valence-electron chi connectivity index (χ1n) is 8.34. The average Bonchev–Trinajstić information content (AvgIpc) is 3.05. The number of hydrogen-bond donors (Lipinski definition) is 1. The van der Waals surface area contributed by atoms with Gasteiger partial charge in [-0.2, -0.15) is 0 Å². The smallest absolute Gasteiger partial charge is 0.231 e. The van der Waals surface area contributed by atoms with Crippen molar-refractivity contribution >= 4 is 0 Å². The van der Waals surface area contributed by atoms with Crippen molar-refractivity contribution in [3.8, 4) is 11.5 Å². The van der Waals surface area contributed by atoms with Crippen molar-refractivity contribution in [1.82, 2.24) is 10.2 Å². The molecule has 3 aliphatic heterocycles. The molecular weight excluding hydrogens is 280 g/mol. The Morgan fingerprint density at radius 1 is 1.05 bits per heavy atom. The van der Waals surface area contributed by atoms with Crippen LogP contribution >= 0.6 is 0 Å². The van der Waals surface area contributed by atoms with E-state index >= 15 is 0 Å². The Balaban J connectivity index is 1.63. The van der Waals surface area contributed by atoms with Gasteiger partial charge in [-0.05, 0) is 36.5 Å². The number of rotatable bonds is 3. The zero-order valence-corrected chi connectivity index (χ0v) is 12.9. The molecule has 3 aliphatic rings. The van der Waals surface area contributed by atoms with E-state index in [2.05, 4.69) is 28.4 Å². The van der Waals surface area contributed by atoms with Gasteiger partial charge in [0, 0.05) is 45.4 Å². The largest absolute Gasteiger partial charge is 0.454 e. The molecule has 0 unspecified atom stereocenters. The summed E-state index contributed by atoms with van der Waals surface area (Å²) in [6.45, 7) is 6.48. The van der Waals surface area contributed by atoms with Crippen molar-refractivity contribution in [3.63, 3.8) is 0 Å². The highest BCUT2D eigenvalue weighted by Crippen LogP contribution is 2.40. The van der Waals surface area contributed by atoms with Gasteiger partial charge in [0.2, 0.25) is 6.79 Å². The monoisotopic (exact) mass is 304 g/mol. The molecule has 0 amide bonds. The van der Waals surface area contributed by atoms with E-state index in [1.807, 2.05) is 0 Å². The number of fused-ring (bicyclic) bond motifs is 1. The van der Waals surface area contributed by atoms with Crippen LogP contribution in [0.15, 0.2) is 18.2 Å². The second-order valence-electron chi connectivity index (χ2n) is 6.29. The first-order valence-corrected chi connectivity index (χ1v) is 8.34. The number of nitrogens with one attached hydrogen (secondary N) is 1. The zero-order valence-electron chi connectivity index (χ0n) is 12.9. The quantitative estimate of drug-likeness (QED) is 0.922. The molecule has 1 aromatic carbocycles. The summed E-state index contributed by atoms with van der Waals surface area (Å²) in [4.78, 5) is 2.63. The Morgan fingerprint density at radius 2 is 1.82 bits per heavy atom. The first-order chi connectivity index (χ1) is 10.9. The number of hydrogen-bond acceptors (Lipinski definition) is 5. The summed E-state index contributed by atoms with van der Waals surface area (Å²) < 4.78 is 16.6. The van der Waals surface area contributed by atoms with Crippen LogP contribution < -0.4 is 14.8 Å². The van der Waals surface area contributed by atoms with Crippen molar-refractivity contribution in [2.75, 3.05) is 46.2 Å². The van der Waals surface area contributed by atoms with E-state index in [1.165, 1.54) is 5.56 Å². The molecule has 1 aromatic rings. The number of ether oxygens (including phenoxy) is 3. The van der Waals surface area contributed by atoms with Crippen molar-refractivity contribution in [2.24, 2.45) is 5.92 Å². The number of nitrogens with zero attached hydrogens (tertiary/aromatic N) is 1. The molecule has 5 heteroatoms. The molecule has 0 saturated carbocycles. The fourth-order valence-corrected chi connectivity index (χ4v) is 3.87. The SMILES string of the molecule is c1cc2c(cc1[C@H](C1CCOCC1)N1CCNCC1)OCO2. The lowest BCUT2D eigenvalue weighted by molar-refractivity contribution is 0.0212. The Bertz CT molecular complexity index is 493. The van der Waals surface area contributed by atoms with E-state index in [0.717, 1.165) is 63.7 Å². The topological polar surface area (TPSA) is 43.0 Å². The summed E-state index contributed by atoms with van der Waals surface area (Å²) in [5.41, 5.74) is 1.36. The fraction of sp³-hybridized carbons (Fsp3) is 0.647. The van der Waals surface area contributed by atoms with Gasteiger partial charge in [-0.25, -0.2) is 0 Å². The molecule has 1 N–H and O–H groups in total. The summed E-state index contributed by atoms with van der Waals surface area (Å²) in [5.74, 6) is 2.42. The van der Waals surface area contributed by atoms with Gasteiger partial charge in [-0.15, -0.1) is 0 Å². The summed E-state index contributed by atoms with van der Waals surface area (Å²) in [5, 5.41) is 3.45. The summed E-state index contributed by atoms with van der Waals surface area (Å²) in [6.07, 6.45) is 2.28. The standard InChI is InChI=1S/C17H24N2O3/c1-2-15-16(22-12-21-15)11-14(1)17(13-3-9-20-10-4-13)19-7-5-18-6-8-19/h1-2,11,13,17-18H,3-10,12H2/t17-/m0/s1. The fourth-order valence-electron chi connectivity index (χ4n) is 3.87. The van der Waals surface area contributed by atoms with E-state index in [0.29, 0.717) is 18.8 Å². The van der Waals surface area contributed by atoms with Gasteiger partial charge < -0.3 is 19.5 Å². The molecule has 2 fully saturated rings. The van der Waals surface area contributed by atoms with E-state index in [9.17, 15) is 0 Å². The van der Waals surface area contributed by atoms with E-state index in [1.54, 1.807) is 0 Å². The van der Waals surface area contributed by atoms with Crippen molar-refractivity contribution in [3.05, 3.63) is 23.8 Å². The molecule has 0 radical (unpaired) electrons. The number of benzene rings is 1. The molecule has 120 valence electrons. The van der Waals surface area contributed by atoms with Crippen LogP contribution in [0.5, 0.6) is 11.5 Å². The summed E-state index contributed by atoms with van der Waals surface area (Å²) in [7, 11) is 0. The number of piperazine rings is 1. The lowest BCUT2D eigenvalue weighted by Gasteiger charge is -2.41. The molecule has 22 heavy (non-hydrogen) atoms. The minimum Gasteiger partial charge on any atom is -0.454 e. The van der Waals surface area contributed by atoms with Crippen molar-refractivity contribution in [2.45, 2.75) is 18.9 Å². The van der Waals surface area contributed by atoms with E-state index in [-0.39, 0.29) is 0 Å². The minimum atomic E-state index is 0.342. The summed E-state index contributed by atoms with van der Waals surface area (Å²) in [6, 6.07) is 6.92. The molecule has 0 aromatic heterocycles. The molecule has 0 bridgehead atoms. The van der Waals surface area contributed by atoms with Crippen molar-refractivity contribution < 1.29 is 14.2 Å². The zero-order chi connectivity index (χ0) is 14.8. The highest BCUT2D eigenvalue weighted by atomic mass is 16.7. The van der Waals surface area contributed by atoms with Crippen LogP contribution in [0, 0.1) is 5.92 Å². The van der Waals surface area contributed by atoms with Crippen LogP contribution in [0.1, 0.15) is 24.4 Å². The average molecular weight is 304 g/mol. The van der Waals surface area contributed by atoms with Gasteiger partial charge in [0.15, 0.2) is 11.5 Å². The van der Waals surface area contributed by atoms with Crippen LogP contribution in [0.3, 0.4) is 0 Å². The third kappa shape index (κ3) is 2.81. The molecule has 2 saturated heterocycles. The second kappa shape index (κ2) is 6.44. The third-order valence-electron chi connectivity index (χ3n) is 5.00. The predicted molar refractivity (Wildman–Crippen MR) is 83.3 cm³/mol. The third-order valence-corrected chi connectivity index (χ3v) is 5.00. The van der Waals surface area contributed by atoms with Crippen LogP contribution in [-0.2, 0) is 4.74 Å². The predicted octanol–water partition coefficient (Wildman–Crippen LogP) is 1.79. The minimum absolute atomic E-state index is 0.342. The van der Waals surface area contributed by atoms with Gasteiger partial charge >= 0.3 is 0 Å². The van der Waals surface area contributed by atoms with Crippen LogP contribution in [0.2, 0.25) is 0 Å². The van der Waals surface area contributed by atoms with Gasteiger partial charge in [0.1, 0.15) is 0 Å². The van der Waals surface area contributed by atoms with E-state index in [4.69, 9.17) is 14.2 Å². The first kappa shape index (κ1) is 14.3. The maximum absolute atomic E-state index is 5.59. The maximum Gasteiger partial charge on any atom is 0.231 e. The molecule has 4 rings (SSSR count). The lowest BCUT2D eigenvalue weighted by atomic mass is 9.85. The molecule has 0 aliphatic carbocycles. The van der Waals surface area contributed by atoms with Gasteiger partial charge in [-0.3, -0.25) is 4.90 Å². The highest BCUT2D eigenvalue weighted by molar-refractivity contribution is 5.45.